The summed E-state index contributed by atoms with van der Waals surface area (Å²) >= 11 is 1.63. The molecule has 4 nitrogen and oxygen atoms in total. The smallest absolute Gasteiger partial charge is 0.340 e. The Kier molecular flexibility index (Phi) is 4.41. The van der Waals surface area contributed by atoms with Gasteiger partial charge in [-0.3, -0.25) is 0 Å². The maximum absolute atomic E-state index is 11.9. The van der Waals surface area contributed by atoms with Crippen LogP contribution in [0.3, 0.4) is 0 Å². The zero-order chi connectivity index (χ0) is 13.7. The summed E-state index contributed by atoms with van der Waals surface area (Å²) in [5.41, 5.74) is 8.73. The van der Waals surface area contributed by atoms with Crippen molar-refractivity contribution >= 4 is 28.7 Å². The van der Waals surface area contributed by atoms with Gasteiger partial charge in [0, 0.05) is 6.54 Å². The van der Waals surface area contributed by atoms with E-state index >= 15 is 0 Å². The Morgan fingerprint density at radius 3 is 2.95 bits per heavy atom. The fourth-order valence-corrected chi connectivity index (χ4v) is 2.40. The summed E-state index contributed by atoms with van der Waals surface area (Å²) in [6.07, 6.45) is 0. The van der Waals surface area contributed by atoms with Crippen LogP contribution >= 0.6 is 11.3 Å². The number of rotatable bonds is 5. The van der Waals surface area contributed by atoms with Gasteiger partial charge in [0.25, 0.3) is 0 Å². The number of anilines is 2. The highest BCUT2D eigenvalue weighted by Gasteiger charge is 2.14. The highest BCUT2D eigenvalue weighted by Crippen LogP contribution is 2.25. The van der Waals surface area contributed by atoms with Crippen molar-refractivity contribution in [2.75, 3.05) is 17.7 Å². The molecule has 0 saturated carbocycles. The molecule has 0 saturated heterocycles. The fraction of sp³-hybridized carbons (Fsp3) is 0.214. The molecule has 0 aliphatic rings. The third-order valence-corrected chi connectivity index (χ3v) is 3.37. The van der Waals surface area contributed by atoms with Crippen LogP contribution in [0.5, 0.6) is 0 Å². The van der Waals surface area contributed by atoms with E-state index in [1.165, 1.54) is 0 Å². The van der Waals surface area contributed by atoms with Crippen molar-refractivity contribution in [3.05, 3.63) is 46.2 Å². The zero-order valence-electron chi connectivity index (χ0n) is 10.7. The Bertz CT molecular complexity index is 553. The minimum absolute atomic E-state index is 0.345. The van der Waals surface area contributed by atoms with Crippen molar-refractivity contribution in [3.8, 4) is 0 Å². The second kappa shape index (κ2) is 6.24. The average molecular weight is 276 g/mol. The maximum atomic E-state index is 11.9. The Balaban J connectivity index is 2.20. The summed E-state index contributed by atoms with van der Waals surface area (Å²) in [5.74, 6) is -0.359. The number of para-hydroxylation sites is 1. The van der Waals surface area contributed by atoms with E-state index in [1.807, 2.05) is 11.4 Å². The third kappa shape index (κ3) is 3.26. The van der Waals surface area contributed by atoms with Crippen LogP contribution in [0.15, 0.2) is 35.0 Å². The number of nitrogens with one attached hydrogen (secondary N) is 1. The van der Waals surface area contributed by atoms with E-state index in [1.54, 1.807) is 36.5 Å². The Morgan fingerprint density at radius 1 is 1.42 bits per heavy atom. The van der Waals surface area contributed by atoms with Crippen molar-refractivity contribution in [3.63, 3.8) is 0 Å². The maximum Gasteiger partial charge on any atom is 0.340 e. The number of nitrogens with two attached hydrogens (primary N) is 1. The number of hydrogen-bond acceptors (Lipinski definition) is 5. The van der Waals surface area contributed by atoms with Gasteiger partial charge >= 0.3 is 5.97 Å². The molecule has 0 spiro atoms. The molecule has 0 aliphatic heterocycles. The van der Waals surface area contributed by atoms with E-state index in [2.05, 4.69) is 10.7 Å². The molecule has 0 aliphatic carbocycles. The van der Waals surface area contributed by atoms with Gasteiger partial charge in [0.1, 0.15) is 0 Å². The second-order valence-electron chi connectivity index (χ2n) is 3.98. The summed E-state index contributed by atoms with van der Waals surface area (Å²) < 4.78 is 5.03. The molecule has 0 amide bonds. The van der Waals surface area contributed by atoms with Crippen LogP contribution in [0.25, 0.3) is 0 Å². The quantitative estimate of drug-likeness (QED) is 0.650. The normalized spacial score (nSPS) is 10.2. The summed E-state index contributed by atoms with van der Waals surface area (Å²) in [4.78, 5) is 11.9. The minimum atomic E-state index is -0.359. The summed E-state index contributed by atoms with van der Waals surface area (Å²) in [6.45, 7) is 2.75. The lowest BCUT2D eigenvalue weighted by atomic mass is 10.1. The first-order valence-corrected chi connectivity index (χ1v) is 6.97. The topological polar surface area (TPSA) is 64.3 Å². The summed E-state index contributed by atoms with van der Waals surface area (Å²) in [5, 5.41) is 7.27. The molecule has 2 aromatic rings. The highest BCUT2D eigenvalue weighted by molar-refractivity contribution is 7.07. The van der Waals surface area contributed by atoms with Gasteiger partial charge in [-0.25, -0.2) is 4.79 Å². The SMILES string of the molecule is CCOC(=O)c1cccc(N)c1NCc1ccsc1. The van der Waals surface area contributed by atoms with E-state index < -0.39 is 0 Å². The Labute approximate surface area is 116 Å². The number of hydrogen-bond donors (Lipinski definition) is 2. The first kappa shape index (κ1) is 13.4. The van der Waals surface area contributed by atoms with Crippen molar-refractivity contribution in [1.82, 2.24) is 0 Å². The van der Waals surface area contributed by atoms with Crippen LogP contribution < -0.4 is 11.1 Å². The summed E-state index contributed by atoms with van der Waals surface area (Å²) in [7, 11) is 0. The number of carbonyl (C=O) groups excluding carboxylic acids is 1. The van der Waals surface area contributed by atoms with Gasteiger partial charge in [0.05, 0.1) is 23.5 Å². The molecule has 3 N–H and O–H groups in total. The highest BCUT2D eigenvalue weighted by atomic mass is 32.1. The van der Waals surface area contributed by atoms with Crippen LogP contribution in [0, 0.1) is 0 Å². The predicted octanol–water partition coefficient (Wildman–Crippen LogP) is 3.12. The lowest BCUT2D eigenvalue weighted by molar-refractivity contribution is 0.0527. The molecule has 0 fully saturated rings. The van der Waals surface area contributed by atoms with Crippen LogP contribution in [0.1, 0.15) is 22.8 Å². The van der Waals surface area contributed by atoms with Gasteiger partial charge < -0.3 is 15.8 Å². The number of benzene rings is 1. The van der Waals surface area contributed by atoms with E-state index in [0.29, 0.717) is 30.1 Å². The van der Waals surface area contributed by atoms with Crippen LogP contribution in [0.2, 0.25) is 0 Å². The number of thiophene rings is 1. The van der Waals surface area contributed by atoms with Gasteiger partial charge in [-0.2, -0.15) is 11.3 Å². The Morgan fingerprint density at radius 2 is 2.26 bits per heavy atom. The van der Waals surface area contributed by atoms with Crippen LogP contribution in [-0.4, -0.2) is 12.6 Å². The largest absolute Gasteiger partial charge is 0.462 e. The summed E-state index contributed by atoms with van der Waals surface area (Å²) in [6, 6.07) is 7.25. The van der Waals surface area contributed by atoms with Crippen molar-refractivity contribution in [2.24, 2.45) is 0 Å². The van der Waals surface area contributed by atoms with Crippen molar-refractivity contribution < 1.29 is 9.53 Å². The lowest BCUT2D eigenvalue weighted by Gasteiger charge is -2.13. The molecule has 1 heterocycles. The molecular formula is C14H16N2O2S. The number of carbonyl (C=O) groups is 1. The number of nitrogen functional groups attached to an aromatic ring is 1. The predicted molar refractivity (Wildman–Crippen MR) is 78.5 cm³/mol. The van der Waals surface area contributed by atoms with Gasteiger partial charge in [0.15, 0.2) is 0 Å². The van der Waals surface area contributed by atoms with E-state index in [4.69, 9.17) is 10.5 Å². The van der Waals surface area contributed by atoms with Crippen molar-refractivity contribution in [2.45, 2.75) is 13.5 Å². The molecule has 0 atom stereocenters. The van der Waals surface area contributed by atoms with Gasteiger partial charge in [-0.1, -0.05) is 6.07 Å². The zero-order valence-corrected chi connectivity index (χ0v) is 11.5. The molecule has 1 aromatic carbocycles. The monoisotopic (exact) mass is 276 g/mol. The molecule has 100 valence electrons. The van der Waals surface area contributed by atoms with E-state index in [9.17, 15) is 4.79 Å². The first-order chi connectivity index (χ1) is 9.22. The fourth-order valence-electron chi connectivity index (χ4n) is 1.73. The van der Waals surface area contributed by atoms with E-state index in [0.717, 1.165) is 5.56 Å². The van der Waals surface area contributed by atoms with Crippen molar-refractivity contribution in [1.29, 1.82) is 0 Å². The first-order valence-electron chi connectivity index (χ1n) is 6.03. The molecule has 19 heavy (non-hydrogen) atoms. The number of ether oxygens (including phenoxy) is 1. The molecular weight excluding hydrogens is 260 g/mol. The van der Waals surface area contributed by atoms with Gasteiger partial charge in [0.2, 0.25) is 0 Å². The van der Waals surface area contributed by atoms with Crippen LogP contribution in [-0.2, 0) is 11.3 Å². The van der Waals surface area contributed by atoms with Crippen LogP contribution in [0.4, 0.5) is 11.4 Å². The molecule has 2 rings (SSSR count). The van der Waals surface area contributed by atoms with Gasteiger partial charge in [-0.15, -0.1) is 0 Å². The molecule has 5 heteroatoms. The average Bonchev–Trinajstić information content (AvgIpc) is 2.90. The lowest BCUT2D eigenvalue weighted by Crippen LogP contribution is -2.11. The van der Waals surface area contributed by atoms with E-state index in [-0.39, 0.29) is 5.97 Å². The van der Waals surface area contributed by atoms with Gasteiger partial charge in [-0.05, 0) is 41.4 Å². The Hall–Kier alpha value is -2.01. The molecule has 0 radical (unpaired) electrons. The minimum Gasteiger partial charge on any atom is -0.462 e. The number of esters is 1. The molecule has 1 aromatic heterocycles. The standard InChI is InChI=1S/C14H16N2O2S/c1-2-18-14(17)11-4-3-5-12(15)13(11)16-8-10-6-7-19-9-10/h3-7,9,16H,2,8,15H2,1H3. The molecule has 0 unspecified atom stereocenters. The molecule has 0 bridgehead atoms. The third-order valence-electron chi connectivity index (χ3n) is 2.64. The second-order valence-corrected chi connectivity index (χ2v) is 4.76.